The van der Waals surface area contributed by atoms with E-state index in [2.05, 4.69) is 4.72 Å². The third-order valence-corrected chi connectivity index (χ3v) is 5.85. The summed E-state index contributed by atoms with van der Waals surface area (Å²) in [6.07, 6.45) is 2.96. The maximum Gasteiger partial charge on any atom is 0.303 e. The molecule has 1 fully saturated rings. The molecule has 1 aliphatic carbocycles. The molecule has 0 bridgehead atoms. The van der Waals surface area contributed by atoms with E-state index in [-0.39, 0.29) is 25.7 Å². The Bertz CT molecular complexity index is 782. The van der Waals surface area contributed by atoms with E-state index in [9.17, 15) is 26.4 Å². The quantitative estimate of drug-likeness (QED) is 0.667. The van der Waals surface area contributed by atoms with Gasteiger partial charge in [0.1, 0.15) is 22.7 Å². The van der Waals surface area contributed by atoms with Crippen molar-refractivity contribution in [3.05, 3.63) is 42.0 Å². The molecule has 2 rings (SSSR count). The van der Waals surface area contributed by atoms with Crippen LogP contribution in [0.4, 0.5) is 13.2 Å². The van der Waals surface area contributed by atoms with E-state index < -0.39 is 50.7 Å². The lowest BCUT2D eigenvalue weighted by molar-refractivity contribution is -0.136. The van der Waals surface area contributed by atoms with E-state index in [1.54, 1.807) is 12.2 Å². The Hall–Kier alpha value is -1.87. The average molecular weight is 391 g/mol. The number of hydrogen-bond acceptors (Lipinski definition) is 3. The van der Waals surface area contributed by atoms with Crippen molar-refractivity contribution in [2.75, 3.05) is 0 Å². The Morgan fingerprint density at radius 2 is 2.00 bits per heavy atom. The molecule has 1 aliphatic rings. The zero-order chi connectivity index (χ0) is 19.3. The number of carboxylic acids is 1. The van der Waals surface area contributed by atoms with Crippen LogP contribution in [-0.4, -0.2) is 31.7 Å². The van der Waals surface area contributed by atoms with Crippen molar-refractivity contribution in [1.29, 1.82) is 0 Å². The molecule has 1 aromatic rings. The molecule has 0 heterocycles. The predicted octanol–water partition coefficient (Wildman–Crippen LogP) is 3.17. The molecule has 1 aromatic carbocycles. The molecule has 9 heteroatoms. The lowest BCUT2D eigenvalue weighted by Gasteiger charge is -2.21. The van der Waals surface area contributed by atoms with E-state index in [4.69, 9.17) is 5.11 Å². The molecule has 3 atom stereocenters. The first kappa shape index (κ1) is 20.4. The number of carboxylic acid groups (broad SMARTS) is 1. The van der Waals surface area contributed by atoms with Crippen molar-refractivity contribution in [2.24, 2.45) is 5.92 Å². The summed E-state index contributed by atoms with van der Waals surface area (Å²) in [5.41, 5.74) is 0. The van der Waals surface area contributed by atoms with Crippen LogP contribution in [0, 0.1) is 17.6 Å². The number of benzene rings is 1. The first-order chi connectivity index (χ1) is 12.2. The highest BCUT2D eigenvalue weighted by atomic mass is 32.2. The van der Waals surface area contributed by atoms with Crippen LogP contribution in [0.2, 0.25) is 0 Å². The number of aliphatic carboxylic acids is 1. The number of alkyl halides is 1. The molecule has 26 heavy (non-hydrogen) atoms. The van der Waals surface area contributed by atoms with Gasteiger partial charge in [0.2, 0.25) is 10.0 Å². The third kappa shape index (κ3) is 5.31. The molecule has 5 nitrogen and oxygen atoms in total. The van der Waals surface area contributed by atoms with Crippen LogP contribution in [0.15, 0.2) is 35.2 Å². The topological polar surface area (TPSA) is 83.5 Å². The Kier molecular flexibility index (Phi) is 6.82. The smallest absolute Gasteiger partial charge is 0.303 e. The first-order valence-electron chi connectivity index (χ1n) is 8.19. The van der Waals surface area contributed by atoms with Crippen molar-refractivity contribution in [3.8, 4) is 0 Å². The Morgan fingerprint density at radius 1 is 1.27 bits per heavy atom. The zero-order valence-corrected chi connectivity index (χ0v) is 14.7. The number of halogens is 3. The van der Waals surface area contributed by atoms with Crippen LogP contribution in [-0.2, 0) is 14.8 Å². The average Bonchev–Trinajstić information content (AvgIpc) is 2.86. The van der Waals surface area contributed by atoms with Crippen LogP contribution in [0.1, 0.15) is 32.1 Å². The number of hydrogen-bond donors (Lipinski definition) is 2. The minimum atomic E-state index is -4.25. The maximum atomic E-state index is 14.1. The van der Waals surface area contributed by atoms with Gasteiger partial charge in [0.25, 0.3) is 0 Å². The number of carbonyl (C=O) groups is 1. The molecule has 0 amide bonds. The van der Waals surface area contributed by atoms with E-state index in [1.165, 1.54) is 0 Å². The minimum absolute atomic E-state index is 0.0415. The molecule has 0 radical (unpaired) electrons. The fourth-order valence-corrected chi connectivity index (χ4v) is 4.39. The first-order valence-corrected chi connectivity index (χ1v) is 9.67. The largest absolute Gasteiger partial charge is 0.481 e. The molecule has 1 saturated carbocycles. The highest BCUT2D eigenvalue weighted by Gasteiger charge is 2.38. The number of nitrogens with one attached hydrogen (secondary N) is 1. The molecule has 0 spiro atoms. The molecule has 0 aliphatic heterocycles. The fourth-order valence-electron chi connectivity index (χ4n) is 3.01. The van der Waals surface area contributed by atoms with Gasteiger partial charge in [0.15, 0.2) is 0 Å². The standard InChI is InChI=1S/C17H20F3NO4S/c18-11-6-9-16(14(20)10-11)26(24,25)21-15-8-7-13(19)12(15)4-2-1-3-5-17(22)23/h1-2,6,9-10,12-13,15,21H,3-5,7-8H2,(H,22,23)/b2-1+/t12-,13+,15-/m0/s1. The summed E-state index contributed by atoms with van der Waals surface area (Å²) in [4.78, 5) is 9.75. The lowest BCUT2D eigenvalue weighted by Crippen LogP contribution is -2.39. The van der Waals surface area contributed by atoms with Gasteiger partial charge < -0.3 is 5.11 Å². The van der Waals surface area contributed by atoms with Gasteiger partial charge >= 0.3 is 5.97 Å². The summed E-state index contributed by atoms with van der Waals surface area (Å²) in [7, 11) is -4.25. The summed E-state index contributed by atoms with van der Waals surface area (Å²) in [5.74, 6) is -3.67. The normalized spacial score (nSPS) is 23.6. The van der Waals surface area contributed by atoms with E-state index in [1.807, 2.05) is 0 Å². The second-order valence-electron chi connectivity index (χ2n) is 6.20. The van der Waals surface area contributed by atoms with Crippen molar-refractivity contribution >= 4 is 16.0 Å². The predicted molar refractivity (Wildman–Crippen MR) is 88.7 cm³/mol. The van der Waals surface area contributed by atoms with E-state index in [0.717, 1.165) is 12.1 Å². The van der Waals surface area contributed by atoms with Gasteiger partial charge in [-0.15, -0.1) is 0 Å². The zero-order valence-electron chi connectivity index (χ0n) is 13.9. The highest BCUT2D eigenvalue weighted by Crippen LogP contribution is 2.33. The van der Waals surface area contributed by atoms with Gasteiger partial charge in [-0.1, -0.05) is 12.2 Å². The molecule has 2 N–H and O–H groups in total. The van der Waals surface area contributed by atoms with Crippen molar-refractivity contribution in [2.45, 2.75) is 49.2 Å². The van der Waals surface area contributed by atoms with Gasteiger partial charge in [-0.05, 0) is 37.8 Å². The SMILES string of the molecule is O=C(O)CC/C=C/C[C@H]1[C@H](F)CC[C@@H]1NS(=O)(=O)c1ccc(F)cc1F. The molecule has 144 valence electrons. The molecule has 0 unspecified atom stereocenters. The minimum Gasteiger partial charge on any atom is -0.481 e. The van der Waals surface area contributed by atoms with Gasteiger partial charge in [0.05, 0.1) is 0 Å². The van der Waals surface area contributed by atoms with Crippen LogP contribution in [0.3, 0.4) is 0 Å². The van der Waals surface area contributed by atoms with Gasteiger partial charge in [-0.3, -0.25) is 4.79 Å². The van der Waals surface area contributed by atoms with Crippen molar-refractivity contribution < 1.29 is 31.5 Å². The monoisotopic (exact) mass is 391 g/mol. The number of rotatable bonds is 8. The van der Waals surface area contributed by atoms with Crippen LogP contribution < -0.4 is 4.72 Å². The van der Waals surface area contributed by atoms with Gasteiger partial charge in [-0.2, -0.15) is 0 Å². The molecule has 0 aromatic heterocycles. The van der Waals surface area contributed by atoms with Gasteiger partial charge in [-0.25, -0.2) is 26.3 Å². The van der Waals surface area contributed by atoms with Crippen LogP contribution >= 0.6 is 0 Å². The highest BCUT2D eigenvalue weighted by molar-refractivity contribution is 7.89. The number of allylic oxidation sites excluding steroid dienone is 2. The second-order valence-corrected chi connectivity index (χ2v) is 7.88. The summed E-state index contributed by atoms with van der Waals surface area (Å²) < 4.78 is 67.8. The van der Waals surface area contributed by atoms with Crippen molar-refractivity contribution in [3.63, 3.8) is 0 Å². The summed E-state index contributed by atoms with van der Waals surface area (Å²) in [6, 6.07) is 1.43. The molecular weight excluding hydrogens is 371 g/mol. The third-order valence-electron chi connectivity index (χ3n) is 4.32. The number of sulfonamides is 1. The Labute approximate surface area is 150 Å². The Morgan fingerprint density at radius 3 is 2.65 bits per heavy atom. The van der Waals surface area contributed by atoms with Crippen LogP contribution in [0.25, 0.3) is 0 Å². The summed E-state index contributed by atoms with van der Waals surface area (Å²) >= 11 is 0. The lowest BCUT2D eigenvalue weighted by atomic mass is 9.98. The van der Waals surface area contributed by atoms with E-state index in [0.29, 0.717) is 12.5 Å². The van der Waals surface area contributed by atoms with Gasteiger partial charge in [0, 0.05) is 24.4 Å². The molecule has 0 saturated heterocycles. The summed E-state index contributed by atoms with van der Waals surface area (Å²) in [5, 5.41) is 8.56. The van der Waals surface area contributed by atoms with Crippen molar-refractivity contribution in [1.82, 2.24) is 4.72 Å². The maximum absolute atomic E-state index is 14.1. The second kappa shape index (κ2) is 8.68. The van der Waals surface area contributed by atoms with Crippen LogP contribution in [0.5, 0.6) is 0 Å². The molecular formula is C17H20F3NO4S. The Balaban J connectivity index is 2.05. The van der Waals surface area contributed by atoms with E-state index >= 15 is 0 Å². The summed E-state index contributed by atoms with van der Waals surface area (Å²) in [6.45, 7) is 0. The fraction of sp³-hybridized carbons (Fsp3) is 0.471.